The average Bonchev–Trinajstić information content (AvgIpc) is 2.35. The number of nitrogens with zero attached hydrogens (tertiary/aromatic N) is 2. The minimum Gasteiger partial charge on any atom is -0.305 e. The third kappa shape index (κ3) is 4.14. The summed E-state index contributed by atoms with van der Waals surface area (Å²) >= 11 is 0. The summed E-state index contributed by atoms with van der Waals surface area (Å²) in [6.07, 6.45) is -0.895. The predicted molar refractivity (Wildman–Crippen MR) is 76.0 cm³/mol. The first-order chi connectivity index (χ1) is 9.67. The molecule has 2 rings (SSSR count). The van der Waals surface area contributed by atoms with Crippen LogP contribution in [0.4, 0.5) is 13.2 Å². The number of hydrogen-bond donors (Lipinski definition) is 1. The molecule has 0 aliphatic heterocycles. The van der Waals surface area contributed by atoms with E-state index in [1.165, 1.54) is 0 Å². The van der Waals surface area contributed by atoms with Crippen molar-refractivity contribution >= 4 is 10.9 Å². The lowest BCUT2D eigenvalue weighted by atomic mass is 9.90. The second-order valence-corrected chi connectivity index (χ2v) is 6.04. The third-order valence-corrected chi connectivity index (χ3v) is 3.02. The molecule has 0 spiro atoms. The fourth-order valence-corrected chi connectivity index (χ4v) is 2.10. The number of aromatic nitrogens is 2. The maximum atomic E-state index is 12.1. The Kier molecular flexibility index (Phi) is 4.18. The largest absolute Gasteiger partial charge is 0.401 e. The SMILES string of the molecule is CC(C)(C)c1nccc2cc(CNCC(F)(F)F)cnc12. The average molecular weight is 297 g/mol. The lowest BCUT2D eigenvalue weighted by molar-refractivity contribution is -0.125. The zero-order valence-electron chi connectivity index (χ0n) is 12.3. The summed E-state index contributed by atoms with van der Waals surface area (Å²) < 4.78 is 36.3. The molecule has 0 saturated heterocycles. The maximum absolute atomic E-state index is 12.1. The van der Waals surface area contributed by atoms with E-state index < -0.39 is 12.7 Å². The van der Waals surface area contributed by atoms with Crippen LogP contribution in [0.15, 0.2) is 24.5 Å². The number of pyridine rings is 2. The molecule has 3 nitrogen and oxygen atoms in total. The molecule has 0 radical (unpaired) electrons. The smallest absolute Gasteiger partial charge is 0.305 e. The van der Waals surface area contributed by atoms with Gasteiger partial charge >= 0.3 is 6.18 Å². The van der Waals surface area contributed by atoms with Gasteiger partial charge in [-0.25, -0.2) is 0 Å². The summed E-state index contributed by atoms with van der Waals surface area (Å²) in [5.74, 6) is 0. The van der Waals surface area contributed by atoms with Gasteiger partial charge in [0.2, 0.25) is 0 Å². The summed E-state index contributed by atoms with van der Waals surface area (Å²) in [7, 11) is 0. The lowest BCUT2D eigenvalue weighted by Crippen LogP contribution is -2.28. The number of hydrogen-bond acceptors (Lipinski definition) is 3. The summed E-state index contributed by atoms with van der Waals surface area (Å²) in [5.41, 5.74) is 2.26. The zero-order chi connectivity index (χ0) is 15.7. The lowest BCUT2D eigenvalue weighted by Gasteiger charge is -2.19. The number of nitrogens with one attached hydrogen (secondary N) is 1. The van der Waals surface area contributed by atoms with Crippen molar-refractivity contribution in [3.63, 3.8) is 0 Å². The highest BCUT2D eigenvalue weighted by Crippen LogP contribution is 2.26. The van der Waals surface area contributed by atoms with Crippen LogP contribution in [0, 0.1) is 0 Å². The molecule has 0 amide bonds. The van der Waals surface area contributed by atoms with Crippen LogP contribution >= 0.6 is 0 Å². The fraction of sp³-hybridized carbons (Fsp3) is 0.467. The topological polar surface area (TPSA) is 37.8 Å². The molecular formula is C15H18F3N3. The molecule has 0 saturated carbocycles. The second-order valence-electron chi connectivity index (χ2n) is 6.04. The van der Waals surface area contributed by atoms with E-state index in [0.717, 1.165) is 22.2 Å². The highest BCUT2D eigenvalue weighted by molar-refractivity contribution is 5.81. The van der Waals surface area contributed by atoms with Crippen LogP contribution in [0.25, 0.3) is 10.9 Å². The molecule has 114 valence electrons. The molecule has 0 aromatic carbocycles. The molecule has 0 aliphatic rings. The quantitative estimate of drug-likeness (QED) is 0.941. The van der Waals surface area contributed by atoms with Crippen LogP contribution in [-0.2, 0) is 12.0 Å². The molecule has 0 aliphatic carbocycles. The molecule has 2 aromatic rings. The summed E-state index contributed by atoms with van der Waals surface area (Å²) in [5, 5.41) is 3.26. The second kappa shape index (κ2) is 5.60. The number of alkyl halides is 3. The first-order valence-electron chi connectivity index (χ1n) is 6.68. The first kappa shape index (κ1) is 15.7. The number of rotatable bonds is 3. The molecule has 21 heavy (non-hydrogen) atoms. The van der Waals surface area contributed by atoms with Crippen LogP contribution in [0.5, 0.6) is 0 Å². The standard InChI is InChI=1S/C15H18F3N3/c1-14(2,3)13-12-11(4-5-20-13)6-10(8-21-12)7-19-9-15(16,17)18/h4-6,8,19H,7,9H2,1-3H3. The Morgan fingerprint density at radius 1 is 1.14 bits per heavy atom. The first-order valence-corrected chi connectivity index (χ1v) is 6.68. The molecule has 1 N–H and O–H groups in total. The Bertz CT molecular complexity index is 630. The number of halogens is 3. The van der Waals surface area contributed by atoms with Crippen LogP contribution in [-0.4, -0.2) is 22.7 Å². The Morgan fingerprint density at radius 3 is 2.48 bits per heavy atom. The van der Waals surface area contributed by atoms with Crippen molar-refractivity contribution in [2.24, 2.45) is 0 Å². The van der Waals surface area contributed by atoms with E-state index >= 15 is 0 Å². The van der Waals surface area contributed by atoms with Gasteiger partial charge in [0.15, 0.2) is 0 Å². The van der Waals surface area contributed by atoms with Gasteiger partial charge < -0.3 is 5.32 Å². The van der Waals surface area contributed by atoms with Crippen molar-refractivity contribution in [1.82, 2.24) is 15.3 Å². The van der Waals surface area contributed by atoms with Crippen molar-refractivity contribution in [3.05, 3.63) is 35.8 Å². The molecule has 0 fully saturated rings. The van der Waals surface area contributed by atoms with Gasteiger partial charge in [-0.05, 0) is 17.7 Å². The molecule has 2 aromatic heterocycles. The predicted octanol–water partition coefficient (Wildman–Crippen LogP) is 3.58. The summed E-state index contributed by atoms with van der Waals surface area (Å²) in [4.78, 5) is 8.75. The minimum absolute atomic E-state index is 0.135. The monoisotopic (exact) mass is 297 g/mol. The van der Waals surface area contributed by atoms with Crippen molar-refractivity contribution in [1.29, 1.82) is 0 Å². The Balaban J connectivity index is 2.23. The van der Waals surface area contributed by atoms with Gasteiger partial charge in [0.05, 0.1) is 17.8 Å². The van der Waals surface area contributed by atoms with Gasteiger partial charge in [-0.1, -0.05) is 20.8 Å². The van der Waals surface area contributed by atoms with E-state index in [1.54, 1.807) is 12.4 Å². The Morgan fingerprint density at radius 2 is 1.86 bits per heavy atom. The van der Waals surface area contributed by atoms with Crippen LogP contribution in [0.2, 0.25) is 0 Å². The van der Waals surface area contributed by atoms with E-state index in [2.05, 4.69) is 36.1 Å². The van der Waals surface area contributed by atoms with Crippen molar-refractivity contribution in [2.75, 3.05) is 6.54 Å². The van der Waals surface area contributed by atoms with Gasteiger partial charge in [-0.2, -0.15) is 13.2 Å². The highest BCUT2D eigenvalue weighted by atomic mass is 19.4. The Hall–Kier alpha value is -1.69. The van der Waals surface area contributed by atoms with E-state index in [9.17, 15) is 13.2 Å². The van der Waals surface area contributed by atoms with Crippen molar-refractivity contribution in [2.45, 2.75) is 38.9 Å². The normalized spacial score (nSPS) is 12.9. The molecule has 6 heteroatoms. The molecule has 0 bridgehead atoms. The van der Waals surface area contributed by atoms with E-state index in [-0.39, 0.29) is 12.0 Å². The van der Waals surface area contributed by atoms with E-state index in [4.69, 9.17) is 0 Å². The van der Waals surface area contributed by atoms with Gasteiger partial charge in [-0.3, -0.25) is 9.97 Å². The van der Waals surface area contributed by atoms with Crippen molar-refractivity contribution < 1.29 is 13.2 Å². The van der Waals surface area contributed by atoms with Gasteiger partial charge in [0.1, 0.15) is 0 Å². The highest BCUT2D eigenvalue weighted by Gasteiger charge is 2.26. The van der Waals surface area contributed by atoms with Gasteiger partial charge in [-0.15, -0.1) is 0 Å². The maximum Gasteiger partial charge on any atom is 0.401 e. The Labute approximate surface area is 121 Å². The van der Waals surface area contributed by atoms with Crippen molar-refractivity contribution in [3.8, 4) is 0 Å². The van der Waals surface area contributed by atoms with Gasteiger partial charge in [0, 0.05) is 29.7 Å². The molecule has 0 atom stereocenters. The summed E-state index contributed by atoms with van der Waals surface area (Å²) in [6, 6.07) is 3.67. The zero-order valence-corrected chi connectivity index (χ0v) is 12.3. The minimum atomic E-state index is -4.20. The van der Waals surface area contributed by atoms with E-state index in [0.29, 0.717) is 0 Å². The van der Waals surface area contributed by atoms with Crippen LogP contribution in [0.1, 0.15) is 32.0 Å². The third-order valence-electron chi connectivity index (χ3n) is 3.02. The summed E-state index contributed by atoms with van der Waals surface area (Å²) in [6.45, 7) is 5.28. The van der Waals surface area contributed by atoms with Crippen LogP contribution in [0.3, 0.4) is 0 Å². The fourth-order valence-electron chi connectivity index (χ4n) is 2.10. The number of fused-ring (bicyclic) bond motifs is 1. The molecule has 0 unspecified atom stereocenters. The van der Waals surface area contributed by atoms with Gasteiger partial charge in [0.25, 0.3) is 0 Å². The van der Waals surface area contributed by atoms with E-state index in [1.807, 2.05) is 12.1 Å². The van der Waals surface area contributed by atoms with Crippen LogP contribution < -0.4 is 5.32 Å². The molecular weight excluding hydrogens is 279 g/mol. The molecule has 2 heterocycles.